The predicted octanol–water partition coefficient (Wildman–Crippen LogP) is -0.230. The molecule has 61 valence electrons. The van der Waals surface area contributed by atoms with Crippen LogP contribution in [-0.2, 0) is 4.79 Å². The van der Waals surface area contributed by atoms with E-state index in [9.17, 15) is 4.79 Å². The van der Waals surface area contributed by atoms with Gasteiger partial charge in [-0.25, -0.2) is 0 Å². The summed E-state index contributed by atoms with van der Waals surface area (Å²) < 4.78 is 0. The zero-order chi connectivity index (χ0) is 7.84. The molecule has 2 N–H and O–H groups in total. The molecule has 3 nitrogen and oxygen atoms in total. The molecule has 3 heteroatoms. The molecular weight excluding hydrogens is 140 g/mol. The van der Waals surface area contributed by atoms with Crippen LogP contribution in [0.25, 0.3) is 0 Å². The van der Waals surface area contributed by atoms with Crippen LogP contribution < -0.4 is 5.73 Å². The van der Waals surface area contributed by atoms with Gasteiger partial charge in [0, 0.05) is 0 Å². The quantitative estimate of drug-likeness (QED) is 0.565. The van der Waals surface area contributed by atoms with Gasteiger partial charge in [0.05, 0.1) is 6.04 Å². The van der Waals surface area contributed by atoms with Crippen molar-refractivity contribution in [2.75, 3.05) is 13.1 Å². The number of carbonyl (C=O) groups is 1. The van der Waals surface area contributed by atoms with Crippen LogP contribution >= 0.6 is 0 Å². The predicted molar refractivity (Wildman–Crippen MR) is 41.6 cm³/mol. The molecule has 3 aliphatic rings. The van der Waals surface area contributed by atoms with E-state index < -0.39 is 0 Å². The topological polar surface area (TPSA) is 46.3 Å². The molecule has 3 aliphatic heterocycles. The molecule has 0 spiro atoms. The Hall–Kier alpha value is -0.570. The molecule has 1 unspecified atom stereocenters. The number of rotatable bonds is 1. The Morgan fingerprint density at radius 1 is 1.45 bits per heavy atom. The Balaban J connectivity index is 2.08. The minimum atomic E-state index is -0.186. The summed E-state index contributed by atoms with van der Waals surface area (Å²) >= 11 is 0. The van der Waals surface area contributed by atoms with Crippen LogP contribution in [-0.4, -0.2) is 29.9 Å². The maximum absolute atomic E-state index is 10.9. The number of hydrogen-bond acceptors (Lipinski definition) is 2. The molecule has 3 saturated heterocycles. The largest absolute Gasteiger partial charge is 0.368 e. The summed E-state index contributed by atoms with van der Waals surface area (Å²) in [5.74, 6) is 0.465. The van der Waals surface area contributed by atoms with Crippen molar-refractivity contribution in [1.82, 2.24) is 4.90 Å². The van der Waals surface area contributed by atoms with Gasteiger partial charge in [0.15, 0.2) is 0 Å². The van der Waals surface area contributed by atoms with Gasteiger partial charge in [0.2, 0.25) is 5.91 Å². The summed E-state index contributed by atoms with van der Waals surface area (Å²) in [5, 5.41) is 0. The van der Waals surface area contributed by atoms with Crippen molar-refractivity contribution in [3.8, 4) is 0 Å². The van der Waals surface area contributed by atoms with Crippen molar-refractivity contribution >= 4 is 5.91 Å². The average molecular weight is 153 g/mol. The van der Waals surface area contributed by atoms with Gasteiger partial charge < -0.3 is 5.73 Å². The van der Waals surface area contributed by atoms with E-state index in [1.54, 1.807) is 0 Å². The SMILES string of the molecule is NC(=O)C1[CH]C2CCN1CC2. The first-order valence-electron chi connectivity index (χ1n) is 4.16. The van der Waals surface area contributed by atoms with Crippen LogP contribution in [0.3, 0.4) is 0 Å². The third-order valence-electron chi connectivity index (χ3n) is 2.71. The van der Waals surface area contributed by atoms with Gasteiger partial charge in [0.25, 0.3) is 0 Å². The molecule has 1 atom stereocenters. The van der Waals surface area contributed by atoms with E-state index >= 15 is 0 Å². The highest BCUT2D eigenvalue weighted by molar-refractivity contribution is 5.81. The van der Waals surface area contributed by atoms with Crippen molar-refractivity contribution in [3.05, 3.63) is 6.42 Å². The highest BCUT2D eigenvalue weighted by Crippen LogP contribution is 2.30. The van der Waals surface area contributed by atoms with Crippen LogP contribution in [0.15, 0.2) is 0 Å². The Morgan fingerprint density at radius 3 is 2.36 bits per heavy atom. The summed E-state index contributed by atoms with van der Waals surface area (Å²) in [5.41, 5.74) is 5.24. The van der Waals surface area contributed by atoms with E-state index in [4.69, 9.17) is 5.73 Å². The van der Waals surface area contributed by atoms with E-state index in [2.05, 4.69) is 11.3 Å². The molecule has 11 heavy (non-hydrogen) atoms. The summed E-state index contributed by atoms with van der Waals surface area (Å²) in [6.07, 6.45) is 4.53. The molecule has 0 aromatic carbocycles. The normalized spacial score (nSPS) is 42.4. The van der Waals surface area contributed by atoms with Gasteiger partial charge in [-0.1, -0.05) is 0 Å². The van der Waals surface area contributed by atoms with Crippen molar-refractivity contribution in [2.24, 2.45) is 11.7 Å². The van der Waals surface area contributed by atoms with Crippen LogP contribution in [0.1, 0.15) is 12.8 Å². The van der Waals surface area contributed by atoms with Crippen molar-refractivity contribution in [3.63, 3.8) is 0 Å². The maximum Gasteiger partial charge on any atom is 0.235 e. The third kappa shape index (κ3) is 1.13. The van der Waals surface area contributed by atoms with Crippen LogP contribution in [0.2, 0.25) is 0 Å². The lowest BCUT2D eigenvalue weighted by Gasteiger charge is -2.43. The average Bonchev–Trinajstić information content (AvgIpc) is 2.06. The number of amides is 1. The van der Waals surface area contributed by atoms with E-state index in [0.29, 0.717) is 5.92 Å². The van der Waals surface area contributed by atoms with Crippen LogP contribution in [0.5, 0.6) is 0 Å². The van der Waals surface area contributed by atoms with Gasteiger partial charge >= 0.3 is 0 Å². The number of nitrogens with zero attached hydrogens (tertiary/aromatic N) is 1. The zero-order valence-electron chi connectivity index (χ0n) is 6.49. The first-order valence-corrected chi connectivity index (χ1v) is 4.16. The lowest BCUT2D eigenvalue weighted by atomic mass is 9.83. The Bertz CT molecular complexity index is 173. The van der Waals surface area contributed by atoms with Gasteiger partial charge in [-0.15, -0.1) is 0 Å². The van der Waals surface area contributed by atoms with Gasteiger partial charge in [-0.05, 0) is 38.3 Å². The highest BCUT2D eigenvalue weighted by Gasteiger charge is 2.36. The fourth-order valence-electron chi connectivity index (χ4n) is 2.04. The molecule has 0 aromatic heterocycles. The third-order valence-corrected chi connectivity index (χ3v) is 2.71. The smallest absolute Gasteiger partial charge is 0.235 e. The van der Waals surface area contributed by atoms with E-state index in [1.165, 1.54) is 12.8 Å². The summed E-state index contributed by atoms with van der Waals surface area (Å²) in [4.78, 5) is 13.1. The fraction of sp³-hybridized carbons (Fsp3) is 0.750. The second-order valence-corrected chi connectivity index (χ2v) is 3.41. The first kappa shape index (κ1) is 7.10. The molecule has 1 amide bonds. The van der Waals surface area contributed by atoms with Gasteiger partial charge in [-0.2, -0.15) is 0 Å². The standard InChI is InChI=1S/C8H13N2O/c9-8(11)7-5-6-1-3-10(7)4-2-6/h5-7H,1-4H2,(H2,9,11). The van der Waals surface area contributed by atoms with E-state index in [-0.39, 0.29) is 11.9 Å². The van der Waals surface area contributed by atoms with Gasteiger partial charge in [0.1, 0.15) is 0 Å². The maximum atomic E-state index is 10.9. The first-order chi connectivity index (χ1) is 5.27. The Kier molecular flexibility index (Phi) is 1.60. The summed E-state index contributed by atoms with van der Waals surface area (Å²) in [7, 11) is 0. The molecule has 3 fully saturated rings. The second kappa shape index (κ2) is 2.48. The molecule has 1 radical (unpaired) electrons. The monoisotopic (exact) mass is 153 g/mol. The van der Waals surface area contributed by atoms with E-state index in [0.717, 1.165) is 13.1 Å². The number of fused-ring (bicyclic) bond motifs is 3. The number of piperidine rings is 3. The molecule has 2 bridgehead atoms. The number of nitrogens with two attached hydrogens (primary N) is 1. The number of hydrogen-bond donors (Lipinski definition) is 1. The molecule has 0 aliphatic carbocycles. The number of primary amides is 1. The zero-order valence-corrected chi connectivity index (χ0v) is 6.49. The van der Waals surface area contributed by atoms with Crippen LogP contribution in [0.4, 0.5) is 0 Å². The lowest BCUT2D eigenvalue weighted by molar-refractivity contribution is -0.124. The lowest BCUT2D eigenvalue weighted by Crippen LogP contribution is -2.54. The van der Waals surface area contributed by atoms with Crippen molar-refractivity contribution in [2.45, 2.75) is 18.9 Å². The molecule has 3 heterocycles. The minimum Gasteiger partial charge on any atom is -0.368 e. The fourth-order valence-corrected chi connectivity index (χ4v) is 2.04. The van der Waals surface area contributed by atoms with Crippen molar-refractivity contribution in [1.29, 1.82) is 0 Å². The molecule has 3 rings (SSSR count). The summed E-state index contributed by atoms with van der Waals surface area (Å²) in [6.45, 7) is 2.10. The second-order valence-electron chi connectivity index (χ2n) is 3.41. The molecule has 0 saturated carbocycles. The van der Waals surface area contributed by atoms with Crippen molar-refractivity contribution < 1.29 is 4.79 Å². The highest BCUT2D eigenvalue weighted by atomic mass is 16.1. The molecular formula is C8H13N2O. The summed E-state index contributed by atoms with van der Waals surface area (Å²) in [6, 6.07) is -0.0671. The molecule has 0 aromatic rings. The van der Waals surface area contributed by atoms with Crippen LogP contribution in [0, 0.1) is 12.3 Å². The van der Waals surface area contributed by atoms with E-state index in [1.807, 2.05) is 0 Å². The van der Waals surface area contributed by atoms with Gasteiger partial charge in [-0.3, -0.25) is 9.69 Å². The Morgan fingerprint density at radius 2 is 2.09 bits per heavy atom. The Labute approximate surface area is 66.5 Å². The number of carbonyl (C=O) groups excluding carboxylic acids is 1. The minimum absolute atomic E-state index is 0.0671.